The van der Waals surface area contributed by atoms with Crippen LogP contribution in [0.15, 0.2) is 47.1 Å². The summed E-state index contributed by atoms with van der Waals surface area (Å²) in [6.45, 7) is 0.852. The monoisotopic (exact) mass is 343 g/mol. The number of carbonyl (C=O) groups excluding carboxylic acids is 1. The Hall–Kier alpha value is -2.11. The van der Waals surface area contributed by atoms with Crippen molar-refractivity contribution in [1.82, 2.24) is 0 Å². The molecule has 2 aromatic rings. The van der Waals surface area contributed by atoms with Crippen LogP contribution < -0.4 is 5.32 Å². The summed E-state index contributed by atoms with van der Waals surface area (Å²) in [5.74, 6) is 0.642. The molecule has 2 N–H and O–H groups in total. The smallest absolute Gasteiger partial charge is 0.227 e. The van der Waals surface area contributed by atoms with Crippen molar-refractivity contribution in [3.8, 4) is 0 Å². The predicted molar refractivity (Wildman–Crippen MR) is 94.9 cm³/mol. The number of hydrogen-bond donors (Lipinski definition) is 2. The number of anilines is 1. The van der Waals surface area contributed by atoms with E-state index in [9.17, 15) is 9.90 Å². The number of amides is 1. The minimum Gasteiger partial charge on any atom is -0.467 e. The summed E-state index contributed by atoms with van der Waals surface area (Å²) >= 11 is 0. The Morgan fingerprint density at radius 1 is 1.16 bits per heavy atom. The molecule has 0 spiro atoms. The van der Waals surface area contributed by atoms with Gasteiger partial charge in [-0.15, -0.1) is 0 Å². The van der Waals surface area contributed by atoms with E-state index in [2.05, 4.69) is 5.32 Å². The Labute approximate surface area is 148 Å². The van der Waals surface area contributed by atoms with Crippen molar-refractivity contribution in [1.29, 1.82) is 0 Å². The van der Waals surface area contributed by atoms with E-state index in [1.807, 2.05) is 36.4 Å². The van der Waals surface area contributed by atoms with Crippen molar-refractivity contribution >= 4 is 11.6 Å². The zero-order chi connectivity index (χ0) is 17.5. The number of hydrogen-bond acceptors (Lipinski definition) is 4. The summed E-state index contributed by atoms with van der Waals surface area (Å²) in [5, 5.41) is 13.4. The molecule has 1 saturated carbocycles. The van der Waals surface area contributed by atoms with Crippen LogP contribution in [0.1, 0.15) is 49.8 Å². The highest BCUT2D eigenvalue weighted by Crippen LogP contribution is 2.31. The van der Waals surface area contributed by atoms with E-state index in [-0.39, 0.29) is 12.3 Å². The van der Waals surface area contributed by atoms with Crippen molar-refractivity contribution in [3.05, 3.63) is 54.0 Å². The van der Waals surface area contributed by atoms with Gasteiger partial charge in [0.15, 0.2) is 0 Å². The van der Waals surface area contributed by atoms with Gasteiger partial charge in [0, 0.05) is 5.69 Å². The number of nitrogens with one attached hydrogen (secondary N) is 1. The molecule has 3 rings (SSSR count). The van der Waals surface area contributed by atoms with Crippen LogP contribution in [0.25, 0.3) is 0 Å². The number of ether oxygens (including phenoxy) is 1. The number of furan rings is 1. The van der Waals surface area contributed by atoms with E-state index in [4.69, 9.17) is 9.15 Å². The fraction of sp³-hybridized carbons (Fsp3) is 0.450. The summed E-state index contributed by atoms with van der Waals surface area (Å²) in [7, 11) is 0. The third-order valence-electron chi connectivity index (χ3n) is 4.58. The molecule has 0 saturated heterocycles. The van der Waals surface area contributed by atoms with Gasteiger partial charge in [-0.2, -0.15) is 0 Å². The zero-order valence-electron chi connectivity index (χ0n) is 14.4. The average molecular weight is 343 g/mol. The van der Waals surface area contributed by atoms with Crippen molar-refractivity contribution in [2.24, 2.45) is 0 Å². The molecule has 1 aliphatic carbocycles. The van der Waals surface area contributed by atoms with Gasteiger partial charge in [0.2, 0.25) is 5.91 Å². The minimum absolute atomic E-state index is 0.141. The van der Waals surface area contributed by atoms with E-state index in [1.54, 1.807) is 6.26 Å². The van der Waals surface area contributed by atoms with Gasteiger partial charge in [-0.1, -0.05) is 31.4 Å². The molecule has 1 aromatic heterocycles. The molecular formula is C20H25NO4. The maximum absolute atomic E-state index is 12.3. The lowest BCUT2D eigenvalue weighted by atomic mass is 9.82. The van der Waals surface area contributed by atoms with Crippen LogP contribution in [0.3, 0.4) is 0 Å². The van der Waals surface area contributed by atoms with Crippen LogP contribution in [0.5, 0.6) is 0 Å². The highest BCUT2D eigenvalue weighted by Gasteiger charge is 2.31. The average Bonchev–Trinajstić information content (AvgIpc) is 3.08. The van der Waals surface area contributed by atoms with Gasteiger partial charge < -0.3 is 19.6 Å². The Morgan fingerprint density at radius 3 is 2.76 bits per heavy atom. The SMILES string of the molecule is O=C(CC1(O)CCCCC1)Nc1cccc(COCc2ccco2)c1. The van der Waals surface area contributed by atoms with Gasteiger partial charge in [0.1, 0.15) is 12.4 Å². The first-order chi connectivity index (χ1) is 12.1. The molecule has 5 nitrogen and oxygen atoms in total. The lowest BCUT2D eigenvalue weighted by molar-refractivity contribution is -0.122. The summed E-state index contributed by atoms with van der Waals surface area (Å²) in [6, 6.07) is 11.3. The lowest BCUT2D eigenvalue weighted by Gasteiger charge is -2.31. The van der Waals surface area contributed by atoms with E-state index in [0.717, 1.165) is 36.3 Å². The molecule has 5 heteroatoms. The number of rotatable bonds is 7. The number of benzene rings is 1. The van der Waals surface area contributed by atoms with Crippen molar-refractivity contribution in [2.75, 3.05) is 5.32 Å². The van der Waals surface area contributed by atoms with Crippen LogP contribution in [0.2, 0.25) is 0 Å². The molecule has 0 unspecified atom stereocenters. The maximum atomic E-state index is 12.3. The van der Waals surface area contributed by atoms with E-state index < -0.39 is 5.60 Å². The molecule has 1 heterocycles. The first-order valence-corrected chi connectivity index (χ1v) is 8.84. The van der Waals surface area contributed by atoms with E-state index >= 15 is 0 Å². The Kier molecular flexibility index (Phi) is 5.89. The zero-order valence-corrected chi connectivity index (χ0v) is 14.4. The summed E-state index contributed by atoms with van der Waals surface area (Å²) < 4.78 is 10.8. The Morgan fingerprint density at radius 2 is 2.00 bits per heavy atom. The highest BCUT2D eigenvalue weighted by molar-refractivity contribution is 5.91. The molecule has 0 radical (unpaired) electrons. The quantitative estimate of drug-likeness (QED) is 0.796. The predicted octanol–water partition coefficient (Wildman–Crippen LogP) is 4.02. The third kappa shape index (κ3) is 5.44. The standard InChI is InChI=1S/C20H25NO4/c22-19(13-20(23)9-2-1-3-10-20)21-17-7-4-6-16(12-17)14-24-15-18-8-5-11-25-18/h4-8,11-12,23H,1-3,9-10,13-15H2,(H,21,22). The second-order valence-corrected chi connectivity index (χ2v) is 6.78. The molecule has 134 valence electrons. The molecule has 0 aliphatic heterocycles. The summed E-state index contributed by atoms with van der Waals surface area (Å²) in [6.07, 6.45) is 6.33. The van der Waals surface area contributed by atoms with Gasteiger partial charge in [-0.3, -0.25) is 4.79 Å². The normalized spacial score (nSPS) is 16.5. The molecule has 1 aromatic carbocycles. The molecule has 0 atom stereocenters. The second kappa shape index (κ2) is 8.32. The molecule has 1 amide bonds. The van der Waals surface area contributed by atoms with E-state index in [0.29, 0.717) is 26.1 Å². The topological polar surface area (TPSA) is 71.7 Å². The molecule has 0 bridgehead atoms. The fourth-order valence-electron chi connectivity index (χ4n) is 3.29. The molecule has 1 aliphatic rings. The first kappa shape index (κ1) is 17.7. The number of aliphatic hydroxyl groups is 1. The van der Waals surface area contributed by atoms with E-state index in [1.165, 1.54) is 0 Å². The van der Waals surface area contributed by atoms with Gasteiger partial charge >= 0.3 is 0 Å². The molecule has 1 fully saturated rings. The summed E-state index contributed by atoms with van der Waals surface area (Å²) in [4.78, 5) is 12.3. The minimum atomic E-state index is -0.841. The van der Waals surface area contributed by atoms with Crippen LogP contribution in [0, 0.1) is 0 Å². The van der Waals surface area contributed by atoms with Crippen LogP contribution >= 0.6 is 0 Å². The number of carbonyl (C=O) groups is 1. The fourth-order valence-corrected chi connectivity index (χ4v) is 3.29. The Balaban J connectivity index is 1.49. The third-order valence-corrected chi connectivity index (χ3v) is 4.58. The van der Waals surface area contributed by atoms with Crippen LogP contribution in [0.4, 0.5) is 5.69 Å². The first-order valence-electron chi connectivity index (χ1n) is 8.84. The van der Waals surface area contributed by atoms with Crippen LogP contribution in [-0.2, 0) is 22.7 Å². The molecular weight excluding hydrogens is 318 g/mol. The van der Waals surface area contributed by atoms with Crippen molar-refractivity contribution < 1.29 is 19.1 Å². The Bertz CT molecular complexity index is 675. The summed E-state index contributed by atoms with van der Waals surface area (Å²) in [5.41, 5.74) is 0.857. The van der Waals surface area contributed by atoms with Crippen molar-refractivity contribution in [2.45, 2.75) is 57.3 Å². The van der Waals surface area contributed by atoms with Gasteiger partial charge in [-0.25, -0.2) is 0 Å². The van der Waals surface area contributed by atoms with Crippen molar-refractivity contribution in [3.63, 3.8) is 0 Å². The van der Waals surface area contributed by atoms with Gasteiger partial charge in [0.25, 0.3) is 0 Å². The highest BCUT2D eigenvalue weighted by atomic mass is 16.5. The van der Waals surface area contributed by atoms with Crippen LogP contribution in [-0.4, -0.2) is 16.6 Å². The maximum Gasteiger partial charge on any atom is 0.227 e. The molecule has 25 heavy (non-hydrogen) atoms. The van der Waals surface area contributed by atoms with Gasteiger partial charge in [-0.05, 0) is 42.7 Å². The van der Waals surface area contributed by atoms with Gasteiger partial charge in [0.05, 0.1) is 24.9 Å². The lowest BCUT2D eigenvalue weighted by Crippen LogP contribution is -2.35. The largest absolute Gasteiger partial charge is 0.467 e. The second-order valence-electron chi connectivity index (χ2n) is 6.78.